The number of aromatic amines is 1. The van der Waals surface area contributed by atoms with Gasteiger partial charge in [0.25, 0.3) is 11.8 Å². The molecular formula is C23H24N4O2. The van der Waals surface area contributed by atoms with E-state index in [0.29, 0.717) is 30.2 Å². The van der Waals surface area contributed by atoms with Crippen LogP contribution in [-0.4, -0.2) is 39.5 Å². The van der Waals surface area contributed by atoms with Gasteiger partial charge in [-0.05, 0) is 43.2 Å². The van der Waals surface area contributed by atoms with Crippen LogP contribution in [0, 0.1) is 6.92 Å². The van der Waals surface area contributed by atoms with Gasteiger partial charge in [0.05, 0.1) is 0 Å². The molecule has 1 N–H and O–H groups in total. The molecule has 0 atom stereocenters. The standard InChI is InChI=1S/C23H24N4O2/c1-4-17-18-14-15(2)10-11-19(18)24-21(17)22-25-20(26-29-22)12-13-27(3)23(28)16-8-6-5-7-9-16/h5-11,14,24H,4,12-13H2,1-3H3. The first-order valence-electron chi connectivity index (χ1n) is 9.81. The first-order chi connectivity index (χ1) is 14.1. The zero-order valence-corrected chi connectivity index (χ0v) is 16.9. The van der Waals surface area contributed by atoms with E-state index in [-0.39, 0.29) is 5.91 Å². The van der Waals surface area contributed by atoms with E-state index in [1.165, 1.54) is 16.5 Å². The lowest BCUT2D eigenvalue weighted by Crippen LogP contribution is -2.29. The normalized spacial score (nSPS) is 11.1. The number of amides is 1. The van der Waals surface area contributed by atoms with Crippen LogP contribution < -0.4 is 0 Å². The molecule has 0 saturated heterocycles. The van der Waals surface area contributed by atoms with Crippen LogP contribution in [-0.2, 0) is 12.8 Å². The Morgan fingerprint density at radius 2 is 1.97 bits per heavy atom. The van der Waals surface area contributed by atoms with Gasteiger partial charge in [-0.25, -0.2) is 0 Å². The number of rotatable bonds is 6. The van der Waals surface area contributed by atoms with Gasteiger partial charge in [0.15, 0.2) is 5.82 Å². The molecule has 4 aromatic rings. The predicted octanol–water partition coefficient (Wildman–Crippen LogP) is 4.40. The molecule has 2 heterocycles. The number of carbonyl (C=O) groups is 1. The van der Waals surface area contributed by atoms with Crippen LogP contribution in [0.3, 0.4) is 0 Å². The second-order valence-corrected chi connectivity index (χ2v) is 7.24. The van der Waals surface area contributed by atoms with Crippen molar-refractivity contribution in [3.05, 3.63) is 71.0 Å². The number of aromatic nitrogens is 3. The fourth-order valence-corrected chi connectivity index (χ4v) is 3.54. The Morgan fingerprint density at radius 1 is 1.17 bits per heavy atom. The van der Waals surface area contributed by atoms with Crippen LogP contribution in [0.15, 0.2) is 53.1 Å². The van der Waals surface area contributed by atoms with Gasteiger partial charge in [-0.3, -0.25) is 4.79 Å². The maximum Gasteiger partial charge on any atom is 0.274 e. The highest BCUT2D eigenvalue weighted by molar-refractivity contribution is 5.94. The molecule has 6 nitrogen and oxygen atoms in total. The van der Waals surface area contributed by atoms with E-state index < -0.39 is 0 Å². The summed E-state index contributed by atoms with van der Waals surface area (Å²) in [5.74, 6) is 1.06. The molecule has 0 aliphatic carbocycles. The maximum atomic E-state index is 12.5. The Balaban J connectivity index is 1.50. The molecule has 0 bridgehead atoms. The van der Waals surface area contributed by atoms with E-state index in [9.17, 15) is 4.79 Å². The van der Waals surface area contributed by atoms with Gasteiger partial charge in [-0.2, -0.15) is 4.98 Å². The molecule has 1 amide bonds. The Labute approximate surface area is 169 Å². The van der Waals surface area contributed by atoms with Crippen molar-refractivity contribution < 1.29 is 9.32 Å². The number of H-pyrrole nitrogens is 1. The lowest BCUT2D eigenvalue weighted by molar-refractivity contribution is 0.0796. The summed E-state index contributed by atoms with van der Waals surface area (Å²) in [6.45, 7) is 4.72. The molecule has 6 heteroatoms. The van der Waals surface area contributed by atoms with Gasteiger partial charge in [-0.15, -0.1) is 0 Å². The van der Waals surface area contributed by atoms with Gasteiger partial charge in [0.1, 0.15) is 5.69 Å². The lowest BCUT2D eigenvalue weighted by Gasteiger charge is -2.15. The van der Waals surface area contributed by atoms with Gasteiger partial charge in [-0.1, -0.05) is 41.9 Å². The largest absolute Gasteiger partial charge is 0.350 e. The van der Waals surface area contributed by atoms with Crippen LogP contribution in [0.5, 0.6) is 0 Å². The van der Waals surface area contributed by atoms with Crippen molar-refractivity contribution in [2.45, 2.75) is 26.7 Å². The molecule has 4 rings (SSSR count). The predicted molar refractivity (Wildman–Crippen MR) is 113 cm³/mol. The minimum Gasteiger partial charge on any atom is -0.350 e. The number of nitrogens with one attached hydrogen (secondary N) is 1. The first-order valence-corrected chi connectivity index (χ1v) is 9.81. The van der Waals surface area contributed by atoms with Crippen LogP contribution in [0.4, 0.5) is 0 Å². The molecule has 29 heavy (non-hydrogen) atoms. The Hall–Kier alpha value is -3.41. The van der Waals surface area contributed by atoms with Gasteiger partial charge in [0, 0.05) is 36.5 Å². The summed E-state index contributed by atoms with van der Waals surface area (Å²) in [5.41, 5.74) is 5.01. The molecule has 0 saturated carbocycles. The molecule has 0 fully saturated rings. The second kappa shape index (κ2) is 7.91. The van der Waals surface area contributed by atoms with E-state index in [1.807, 2.05) is 30.3 Å². The third-order valence-corrected chi connectivity index (χ3v) is 5.14. The van der Waals surface area contributed by atoms with Crippen molar-refractivity contribution in [3.63, 3.8) is 0 Å². The summed E-state index contributed by atoms with van der Waals surface area (Å²) in [7, 11) is 1.78. The fourth-order valence-electron chi connectivity index (χ4n) is 3.54. The minimum atomic E-state index is -0.0198. The van der Waals surface area contributed by atoms with Crippen LogP contribution >= 0.6 is 0 Å². The molecule has 0 spiro atoms. The Kier molecular flexibility index (Phi) is 5.16. The summed E-state index contributed by atoms with van der Waals surface area (Å²) >= 11 is 0. The summed E-state index contributed by atoms with van der Waals surface area (Å²) in [4.78, 5) is 22.1. The Bertz CT molecular complexity index is 1140. The van der Waals surface area contributed by atoms with E-state index in [1.54, 1.807) is 11.9 Å². The van der Waals surface area contributed by atoms with Crippen molar-refractivity contribution in [1.82, 2.24) is 20.0 Å². The van der Waals surface area contributed by atoms with E-state index >= 15 is 0 Å². The number of aryl methyl sites for hydroxylation is 2. The summed E-state index contributed by atoms with van der Waals surface area (Å²) in [6.07, 6.45) is 1.39. The van der Waals surface area contributed by atoms with Gasteiger partial charge < -0.3 is 14.4 Å². The smallest absolute Gasteiger partial charge is 0.274 e. The number of nitrogens with zero attached hydrogens (tertiary/aromatic N) is 3. The zero-order valence-electron chi connectivity index (χ0n) is 16.9. The Morgan fingerprint density at radius 3 is 2.72 bits per heavy atom. The fraction of sp³-hybridized carbons (Fsp3) is 0.261. The van der Waals surface area contributed by atoms with Crippen LogP contribution in [0.25, 0.3) is 22.5 Å². The maximum absolute atomic E-state index is 12.5. The SMILES string of the molecule is CCc1c(-c2nc(CCN(C)C(=O)c3ccccc3)no2)[nH]c2ccc(C)cc12. The zero-order chi connectivity index (χ0) is 20.4. The molecule has 2 aromatic carbocycles. The highest BCUT2D eigenvalue weighted by Crippen LogP contribution is 2.30. The number of benzene rings is 2. The monoisotopic (exact) mass is 388 g/mol. The van der Waals surface area contributed by atoms with Crippen molar-refractivity contribution in [3.8, 4) is 11.6 Å². The summed E-state index contributed by atoms with van der Waals surface area (Å²) in [5, 5.41) is 5.31. The molecule has 0 unspecified atom stereocenters. The number of fused-ring (bicyclic) bond motifs is 1. The average Bonchev–Trinajstić information content (AvgIpc) is 3.35. The number of hydrogen-bond acceptors (Lipinski definition) is 4. The lowest BCUT2D eigenvalue weighted by atomic mass is 10.1. The van der Waals surface area contributed by atoms with E-state index in [4.69, 9.17) is 4.52 Å². The first kappa shape index (κ1) is 18.9. The number of carbonyl (C=O) groups excluding carboxylic acids is 1. The van der Waals surface area contributed by atoms with Crippen molar-refractivity contribution in [1.29, 1.82) is 0 Å². The highest BCUT2D eigenvalue weighted by atomic mass is 16.5. The molecular weight excluding hydrogens is 364 g/mol. The minimum absolute atomic E-state index is 0.0198. The molecule has 0 aliphatic heterocycles. The van der Waals surface area contributed by atoms with Gasteiger partial charge in [0.2, 0.25) is 0 Å². The quantitative estimate of drug-likeness (QED) is 0.531. The summed E-state index contributed by atoms with van der Waals surface area (Å²) in [6, 6.07) is 15.6. The third-order valence-electron chi connectivity index (χ3n) is 5.14. The second-order valence-electron chi connectivity index (χ2n) is 7.24. The van der Waals surface area contributed by atoms with E-state index in [0.717, 1.165) is 17.6 Å². The van der Waals surface area contributed by atoms with Gasteiger partial charge >= 0.3 is 0 Å². The average molecular weight is 388 g/mol. The summed E-state index contributed by atoms with van der Waals surface area (Å²) < 4.78 is 5.53. The van der Waals surface area contributed by atoms with Crippen molar-refractivity contribution >= 4 is 16.8 Å². The van der Waals surface area contributed by atoms with Crippen LogP contribution in [0.2, 0.25) is 0 Å². The van der Waals surface area contributed by atoms with E-state index in [2.05, 4.69) is 47.2 Å². The van der Waals surface area contributed by atoms with Crippen molar-refractivity contribution in [2.24, 2.45) is 0 Å². The molecule has 0 radical (unpaired) electrons. The molecule has 148 valence electrons. The third kappa shape index (κ3) is 3.78. The number of hydrogen-bond donors (Lipinski definition) is 1. The van der Waals surface area contributed by atoms with Crippen molar-refractivity contribution in [2.75, 3.05) is 13.6 Å². The van der Waals surface area contributed by atoms with Crippen LogP contribution in [0.1, 0.15) is 34.2 Å². The topological polar surface area (TPSA) is 75.0 Å². The molecule has 0 aliphatic rings. The molecule has 2 aromatic heterocycles. The highest BCUT2D eigenvalue weighted by Gasteiger charge is 2.18. The number of likely N-dealkylation sites (N-methyl/N-ethyl adjacent to an activating group) is 1.